The van der Waals surface area contributed by atoms with Crippen molar-refractivity contribution in [2.75, 3.05) is 0 Å². The molecule has 3 heteroatoms. The van der Waals surface area contributed by atoms with Gasteiger partial charge in [-0.2, -0.15) is 0 Å². The molecule has 0 radical (unpaired) electrons. The second-order valence-corrected chi connectivity index (χ2v) is 4.31. The number of ether oxygens (including phenoxy) is 2. The van der Waals surface area contributed by atoms with Crippen molar-refractivity contribution in [3.05, 3.63) is 12.7 Å². The summed E-state index contributed by atoms with van der Waals surface area (Å²) in [5, 5.41) is 0. The molecule has 2 atom stereocenters. The normalized spacial score (nSPS) is 14.1. The SMILES string of the molecule is C=CCC(CCCCCC)OC(C)OC(C)=O. The Morgan fingerprint density at radius 3 is 2.59 bits per heavy atom. The molecule has 0 aromatic rings. The molecular weight excluding hydrogens is 216 g/mol. The van der Waals surface area contributed by atoms with Gasteiger partial charge in [0.15, 0.2) is 6.29 Å². The van der Waals surface area contributed by atoms with E-state index < -0.39 is 6.29 Å². The fraction of sp³-hybridized carbons (Fsp3) is 0.786. The lowest BCUT2D eigenvalue weighted by atomic mass is 10.1. The van der Waals surface area contributed by atoms with Crippen molar-refractivity contribution < 1.29 is 14.3 Å². The Hall–Kier alpha value is -0.830. The molecule has 0 saturated heterocycles. The average molecular weight is 242 g/mol. The standard InChI is InChI=1S/C14H26O3/c1-5-7-8-9-11-14(10-6-2)17-13(4)16-12(3)15/h6,13-14H,2,5,7-11H2,1,3-4H3. The second kappa shape index (κ2) is 10.3. The maximum atomic E-state index is 10.8. The van der Waals surface area contributed by atoms with E-state index in [2.05, 4.69) is 13.5 Å². The zero-order chi connectivity index (χ0) is 13.1. The van der Waals surface area contributed by atoms with Gasteiger partial charge in [-0.05, 0) is 19.8 Å². The molecule has 0 heterocycles. The first-order valence-electron chi connectivity index (χ1n) is 6.53. The van der Waals surface area contributed by atoms with Crippen molar-refractivity contribution in [1.82, 2.24) is 0 Å². The van der Waals surface area contributed by atoms with Gasteiger partial charge in [0, 0.05) is 6.92 Å². The van der Waals surface area contributed by atoms with Crippen LogP contribution in [0.25, 0.3) is 0 Å². The zero-order valence-corrected chi connectivity index (χ0v) is 11.4. The minimum Gasteiger partial charge on any atom is -0.436 e. The topological polar surface area (TPSA) is 35.5 Å². The van der Waals surface area contributed by atoms with Gasteiger partial charge in [-0.25, -0.2) is 0 Å². The van der Waals surface area contributed by atoms with E-state index >= 15 is 0 Å². The van der Waals surface area contributed by atoms with Crippen LogP contribution >= 0.6 is 0 Å². The number of carbonyl (C=O) groups is 1. The summed E-state index contributed by atoms with van der Waals surface area (Å²) in [5.74, 6) is -0.305. The van der Waals surface area contributed by atoms with E-state index in [1.165, 1.54) is 26.2 Å². The Bertz CT molecular complexity index is 214. The molecule has 0 aliphatic rings. The molecular formula is C14H26O3. The van der Waals surface area contributed by atoms with Crippen molar-refractivity contribution in [2.24, 2.45) is 0 Å². The lowest BCUT2D eigenvalue weighted by Crippen LogP contribution is -2.23. The Morgan fingerprint density at radius 1 is 1.35 bits per heavy atom. The van der Waals surface area contributed by atoms with Crippen LogP contribution in [0.3, 0.4) is 0 Å². The van der Waals surface area contributed by atoms with Crippen molar-refractivity contribution in [1.29, 1.82) is 0 Å². The highest BCUT2D eigenvalue weighted by Gasteiger charge is 2.13. The van der Waals surface area contributed by atoms with Crippen LogP contribution in [0.15, 0.2) is 12.7 Å². The Kier molecular flexibility index (Phi) is 9.83. The molecule has 0 N–H and O–H groups in total. The third-order valence-corrected chi connectivity index (χ3v) is 2.53. The molecule has 17 heavy (non-hydrogen) atoms. The quantitative estimate of drug-likeness (QED) is 0.253. The number of rotatable bonds is 10. The summed E-state index contributed by atoms with van der Waals surface area (Å²) in [6.45, 7) is 9.07. The molecule has 0 fully saturated rings. The largest absolute Gasteiger partial charge is 0.436 e. The minimum absolute atomic E-state index is 0.110. The smallest absolute Gasteiger partial charge is 0.304 e. The van der Waals surface area contributed by atoms with Gasteiger partial charge in [-0.1, -0.05) is 38.7 Å². The molecule has 3 nitrogen and oxygen atoms in total. The summed E-state index contributed by atoms with van der Waals surface area (Å²) in [6.07, 6.45) is 8.17. The van der Waals surface area contributed by atoms with Crippen molar-refractivity contribution in [3.8, 4) is 0 Å². The van der Waals surface area contributed by atoms with Gasteiger partial charge < -0.3 is 9.47 Å². The zero-order valence-electron chi connectivity index (χ0n) is 11.4. The molecule has 0 amide bonds. The van der Waals surface area contributed by atoms with Crippen molar-refractivity contribution in [3.63, 3.8) is 0 Å². The van der Waals surface area contributed by atoms with E-state index in [9.17, 15) is 4.79 Å². The summed E-state index contributed by atoms with van der Waals surface area (Å²) in [4.78, 5) is 10.8. The highest BCUT2D eigenvalue weighted by atomic mass is 16.7. The molecule has 0 bridgehead atoms. The van der Waals surface area contributed by atoms with Crippen molar-refractivity contribution >= 4 is 5.97 Å². The van der Waals surface area contributed by atoms with Crippen molar-refractivity contribution in [2.45, 2.75) is 71.7 Å². The predicted octanol–water partition coefficient (Wildman–Crippen LogP) is 3.83. The van der Waals surface area contributed by atoms with E-state index in [1.807, 2.05) is 6.08 Å². The molecule has 0 rings (SSSR count). The number of unbranched alkanes of at least 4 members (excludes halogenated alkanes) is 3. The van der Waals surface area contributed by atoms with Gasteiger partial charge >= 0.3 is 5.97 Å². The van der Waals surface area contributed by atoms with Crippen LogP contribution in [0.2, 0.25) is 0 Å². The first kappa shape index (κ1) is 16.2. The number of hydrogen-bond acceptors (Lipinski definition) is 3. The summed E-state index contributed by atoms with van der Waals surface area (Å²) < 4.78 is 10.6. The fourth-order valence-corrected chi connectivity index (χ4v) is 1.76. The first-order chi connectivity index (χ1) is 8.10. The van der Waals surface area contributed by atoms with Gasteiger partial charge in [0.1, 0.15) is 0 Å². The van der Waals surface area contributed by atoms with Gasteiger partial charge in [-0.15, -0.1) is 6.58 Å². The van der Waals surface area contributed by atoms with Gasteiger partial charge in [0.25, 0.3) is 0 Å². The average Bonchev–Trinajstić information content (AvgIpc) is 2.23. The first-order valence-corrected chi connectivity index (χ1v) is 6.53. The second-order valence-electron chi connectivity index (χ2n) is 4.31. The summed E-state index contributed by atoms with van der Waals surface area (Å²) in [5.41, 5.74) is 0. The molecule has 0 spiro atoms. The van der Waals surface area contributed by atoms with Crippen LogP contribution in [0.1, 0.15) is 59.3 Å². The van der Waals surface area contributed by atoms with E-state index in [-0.39, 0.29) is 12.1 Å². The third-order valence-electron chi connectivity index (χ3n) is 2.53. The van der Waals surface area contributed by atoms with Crippen LogP contribution in [0.5, 0.6) is 0 Å². The highest BCUT2D eigenvalue weighted by molar-refractivity contribution is 5.65. The van der Waals surface area contributed by atoms with Crippen LogP contribution in [-0.2, 0) is 14.3 Å². The lowest BCUT2D eigenvalue weighted by Gasteiger charge is -2.21. The molecule has 2 unspecified atom stereocenters. The van der Waals surface area contributed by atoms with Crippen LogP contribution in [-0.4, -0.2) is 18.4 Å². The number of hydrogen-bond donors (Lipinski definition) is 0. The van der Waals surface area contributed by atoms with Gasteiger partial charge in [0.05, 0.1) is 6.10 Å². The number of carbonyl (C=O) groups excluding carboxylic acids is 1. The Labute approximate surface area is 105 Å². The van der Waals surface area contributed by atoms with Gasteiger partial charge in [-0.3, -0.25) is 4.79 Å². The maximum absolute atomic E-state index is 10.8. The number of esters is 1. The lowest BCUT2D eigenvalue weighted by molar-refractivity contribution is -0.182. The summed E-state index contributed by atoms with van der Waals surface area (Å²) in [7, 11) is 0. The van der Waals surface area contributed by atoms with Crippen LogP contribution in [0, 0.1) is 0 Å². The van der Waals surface area contributed by atoms with Crippen LogP contribution < -0.4 is 0 Å². The molecule has 0 aromatic carbocycles. The van der Waals surface area contributed by atoms with Crippen LogP contribution in [0.4, 0.5) is 0 Å². The van der Waals surface area contributed by atoms with E-state index in [0.717, 1.165) is 19.3 Å². The Balaban J connectivity index is 3.87. The summed E-state index contributed by atoms with van der Waals surface area (Å²) >= 11 is 0. The molecule has 0 aliphatic carbocycles. The maximum Gasteiger partial charge on any atom is 0.304 e. The predicted molar refractivity (Wildman–Crippen MR) is 69.7 cm³/mol. The molecule has 0 saturated carbocycles. The monoisotopic (exact) mass is 242 g/mol. The van der Waals surface area contributed by atoms with Gasteiger partial charge in [0.2, 0.25) is 0 Å². The molecule has 0 aliphatic heterocycles. The minimum atomic E-state index is -0.469. The molecule has 100 valence electrons. The van der Waals surface area contributed by atoms with E-state index in [0.29, 0.717) is 0 Å². The highest BCUT2D eigenvalue weighted by Crippen LogP contribution is 2.14. The molecule has 0 aromatic heterocycles. The van der Waals surface area contributed by atoms with E-state index in [4.69, 9.17) is 9.47 Å². The Morgan fingerprint density at radius 2 is 2.06 bits per heavy atom. The van der Waals surface area contributed by atoms with E-state index in [1.54, 1.807) is 6.92 Å². The fourth-order valence-electron chi connectivity index (χ4n) is 1.76. The summed E-state index contributed by atoms with van der Waals surface area (Å²) in [6, 6.07) is 0. The third kappa shape index (κ3) is 10.1.